The van der Waals surface area contributed by atoms with Crippen molar-refractivity contribution in [2.45, 2.75) is 45.4 Å². The largest absolute Gasteiger partial charge is 0.309 e. The van der Waals surface area contributed by atoms with Gasteiger partial charge >= 0.3 is 0 Å². The molecule has 2 amide bonds. The number of anilines is 4. The summed E-state index contributed by atoms with van der Waals surface area (Å²) in [6.07, 6.45) is 0. The van der Waals surface area contributed by atoms with Gasteiger partial charge in [0.25, 0.3) is 11.8 Å². The van der Waals surface area contributed by atoms with E-state index < -0.39 is 0 Å². The minimum Gasteiger partial charge on any atom is -0.309 e. The van der Waals surface area contributed by atoms with Crippen molar-refractivity contribution < 1.29 is 9.59 Å². The molecule has 0 fully saturated rings. The number of imide groups is 1. The average molecular weight is 537 g/mol. The summed E-state index contributed by atoms with van der Waals surface area (Å²) in [7, 11) is 0. The lowest BCUT2D eigenvalue weighted by Gasteiger charge is -2.42. The first-order valence-corrected chi connectivity index (χ1v) is 14.1. The highest BCUT2D eigenvalue weighted by molar-refractivity contribution is 6.36. The summed E-state index contributed by atoms with van der Waals surface area (Å²) in [5.41, 5.74) is 8.23. The highest BCUT2D eigenvalue weighted by Gasteiger charge is 2.39. The Hall–Kier alpha value is -4.70. The number of hydrogen-bond donors (Lipinski definition) is 0. The second-order valence-electron chi connectivity index (χ2n) is 12.6. The molecule has 0 aliphatic carbocycles. The molecule has 2 aliphatic heterocycles. The highest BCUT2D eigenvalue weighted by Crippen LogP contribution is 2.53. The van der Waals surface area contributed by atoms with E-state index in [1.165, 1.54) is 16.0 Å². The summed E-state index contributed by atoms with van der Waals surface area (Å²) in [5, 5.41) is 1.59. The van der Waals surface area contributed by atoms with Crippen LogP contribution in [0.2, 0.25) is 0 Å². The number of rotatable bonds is 2. The molecule has 0 saturated heterocycles. The first-order chi connectivity index (χ1) is 19.6. The predicted octanol–water partition coefficient (Wildman–Crippen LogP) is 9.05. The molecule has 0 spiro atoms. The molecule has 0 aromatic heterocycles. The van der Waals surface area contributed by atoms with Crippen molar-refractivity contribution >= 4 is 45.3 Å². The number of benzene rings is 5. The number of fused-ring (bicyclic) bond motifs is 2. The van der Waals surface area contributed by atoms with Crippen LogP contribution in [0.5, 0.6) is 0 Å². The molecule has 0 saturated carbocycles. The summed E-state index contributed by atoms with van der Waals surface area (Å²) >= 11 is 0. The van der Waals surface area contributed by atoms with Crippen molar-refractivity contribution in [1.82, 2.24) is 0 Å². The van der Waals surface area contributed by atoms with Gasteiger partial charge in [-0.25, -0.2) is 4.90 Å². The van der Waals surface area contributed by atoms with E-state index in [4.69, 9.17) is 0 Å². The molecule has 0 N–H and O–H groups in total. The van der Waals surface area contributed by atoms with E-state index in [1.54, 1.807) is 0 Å². The van der Waals surface area contributed by atoms with Crippen LogP contribution in [-0.4, -0.2) is 11.8 Å². The Labute approximate surface area is 240 Å². The van der Waals surface area contributed by atoms with Crippen molar-refractivity contribution in [2.75, 3.05) is 9.80 Å². The van der Waals surface area contributed by atoms with E-state index in [-0.39, 0.29) is 22.6 Å². The maximum atomic E-state index is 14.0. The first-order valence-electron chi connectivity index (χ1n) is 14.1. The third-order valence-corrected chi connectivity index (χ3v) is 8.75. The Balaban J connectivity index is 1.42. The van der Waals surface area contributed by atoms with Crippen molar-refractivity contribution in [2.24, 2.45) is 0 Å². The van der Waals surface area contributed by atoms with Crippen molar-refractivity contribution in [3.05, 3.63) is 131 Å². The van der Waals surface area contributed by atoms with Crippen LogP contribution in [0, 0.1) is 0 Å². The SMILES string of the molecule is CC(C)(C)c1ccc(N2C(=O)c3cccc4c(N5c6ccccc6C(C)(C)c6ccccc65)ccc(c34)C2=O)cc1. The molecule has 41 heavy (non-hydrogen) atoms. The van der Waals surface area contributed by atoms with Gasteiger partial charge in [0.15, 0.2) is 0 Å². The lowest BCUT2D eigenvalue weighted by atomic mass is 9.73. The molecular weight excluding hydrogens is 504 g/mol. The van der Waals surface area contributed by atoms with Crippen LogP contribution >= 0.6 is 0 Å². The van der Waals surface area contributed by atoms with Gasteiger partial charge in [0.05, 0.1) is 22.7 Å². The van der Waals surface area contributed by atoms with Crippen LogP contribution in [0.1, 0.15) is 72.0 Å². The van der Waals surface area contributed by atoms with Crippen molar-refractivity contribution in [1.29, 1.82) is 0 Å². The van der Waals surface area contributed by atoms with E-state index in [0.717, 1.165) is 28.0 Å². The van der Waals surface area contributed by atoms with E-state index in [1.807, 2.05) is 54.6 Å². The zero-order valence-electron chi connectivity index (χ0n) is 24.0. The van der Waals surface area contributed by atoms with Crippen LogP contribution < -0.4 is 9.80 Å². The molecule has 2 aliphatic rings. The number of nitrogens with zero attached hydrogens (tertiary/aromatic N) is 2. The van der Waals surface area contributed by atoms with Crippen LogP contribution in [-0.2, 0) is 10.8 Å². The molecule has 0 unspecified atom stereocenters. The van der Waals surface area contributed by atoms with E-state index in [2.05, 4.69) is 88.0 Å². The van der Waals surface area contributed by atoms with Gasteiger partial charge in [-0.3, -0.25) is 9.59 Å². The van der Waals surface area contributed by atoms with Gasteiger partial charge in [-0.15, -0.1) is 0 Å². The Morgan fingerprint density at radius 3 is 1.71 bits per heavy atom. The number of hydrogen-bond acceptors (Lipinski definition) is 3. The third kappa shape index (κ3) is 3.60. The first kappa shape index (κ1) is 25.3. The van der Waals surface area contributed by atoms with Crippen molar-refractivity contribution in [3.63, 3.8) is 0 Å². The quantitative estimate of drug-likeness (QED) is 0.211. The Kier molecular flexibility index (Phi) is 5.33. The monoisotopic (exact) mass is 536 g/mol. The van der Waals surface area contributed by atoms with Gasteiger partial charge in [-0.2, -0.15) is 0 Å². The Morgan fingerprint density at radius 1 is 0.561 bits per heavy atom. The minimum atomic E-state index is -0.297. The van der Waals surface area contributed by atoms with Gasteiger partial charge in [0.2, 0.25) is 0 Å². The summed E-state index contributed by atoms with van der Waals surface area (Å²) in [6.45, 7) is 11.0. The molecule has 7 rings (SSSR count). The molecule has 0 atom stereocenters. The highest BCUT2D eigenvalue weighted by atomic mass is 16.2. The summed E-state index contributed by atoms with van der Waals surface area (Å²) in [6, 6.07) is 34.5. The third-order valence-electron chi connectivity index (χ3n) is 8.75. The fraction of sp³-hybridized carbons (Fsp3) is 0.189. The lowest BCUT2D eigenvalue weighted by molar-refractivity contribution is 0.0893. The molecule has 4 nitrogen and oxygen atoms in total. The van der Waals surface area contributed by atoms with E-state index in [0.29, 0.717) is 22.2 Å². The van der Waals surface area contributed by atoms with Gasteiger partial charge < -0.3 is 4.90 Å². The predicted molar refractivity (Wildman–Crippen MR) is 167 cm³/mol. The maximum Gasteiger partial charge on any atom is 0.265 e. The zero-order chi connectivity index (χ0) is 28.7. The van der Waals surface area contributed by atoms with Crippen molar-refractivity contribution in [3.8, 4) is 0 Å². The smallest absolute Gasteiger partial charge is 0.265 e. The normalized spacial score (nSPS) is 15.6. The number of para-hydroxylation sites is 2. The lowest BCUT2D eigenvalue weighted by Crippen LogP contribution is -2.40. The summed E-state index contributed by atoms with van der Waals surface area (Å²) in [5.74, 6) is -0.594. The van der Waals surface area contributed by atoms with Crippen LogP contribution in [0.15, 0.2) is 103 Å². The van der Waals surface area contributed by atoms with E-state index >= 15 is 0 Å². The second-order valence-corrected chi connectivity index (χ2v) is 12.6. The Bertz CT molecular complexity index is 1820. The molecular formula is C37H32N2O2. The van der Waals surface area contributed by atoms with E-state index in [9.17, 15) is 9.59 Å². The summed E-state index contributed by atoms with van der Waals surface area (Å²) in [4.78, 5) is 31.5. The molecule has 5 aromatic rings. The molecule has 5 aromatic carbocycles. The molecule has 0 bridgehead atoms. The molecule has 202 valence electrons. The van der Waals surface area contributed by atoms with Crippen LogP contribution in [0.4, 0.5) is 22.7 Å². The average Bonchev–Trinajstić information content (AvgIpc) is 2.96. The fourth-order valence-corrected chi connectivity index (χ4v) is 6.55. The molecule has 2 heterocycles. The summed E-state index contributed by atoms with van der Waals surface area (Å²) < 4.78 is 0. The standard InChI is InChI=1S/C37H32N2O2/c1-36(2,3)23-17-19-24(20-18-23)38-34(40)26-12-10-11-25-30(22-21-27(33(25)26)35(38)41)39-31-15-8-6-13-28(31)37(4,5)29-14-7-9-16-32(29)39/h6-22H,1-5H3. The van der Waals surface area contributed by atoms with Gasteiger partial charge in [0, 0.05) is 27.3 Å². The number of amides is 2. The number of carbonyl (C=O) groups is 2. The fourth-order valence-electron chi connectivity index (χ4n) is 6.55. The topological polar surface area (TPSA) is 40.6 Å². The van der Waals surface area contributed by atoms with Gasteiger partial charge in [-0.1, -0.05) is 95.3 Å². The molecule has 4 heteroatoms. The van der Waals surface area contributed by atoms with Gasteiger partial charge in [0.1, 0.15) is 0 Å². The number of carbonyl (C=O) groups excluding carboxylic acids is 2. The zero-order valence-corrected chi connectivity index (χ0v) is 24.0. The van der Waals surface area contributed by atoms with Gasteiger partial charge in [-0.05, 0) is 64.6 Å². The Morgan fingerprint density at radius 2 is 1.12 bits per heavy atom. The van der Waals surface area contributed by atoms with Crippen LogP contribution in [0.3, 0.4) is 0 Å². The molecule has 0 radical (unpaired) electrons. The van der Waals surface area contributed by atoms with Crippen LogP contribution in [0.25, 0.3) is 10.8 Å². The second kappa shape index (κ2) is 8.65. The minimum absolute atomic E-state index is 0.0239. The maximum absolute atomic E-state index is 14.0.